The Balaban J connectivity index is 0.00000264. The van der Waals surface area contributed by atoms with E-state index < -0.39 is 0 Å². The summed E-state index contributed by atoms with van der Waals surface area (Å²) in [7, 11) is 6.27. The summed E-state index contributed by atoms with van der Waals surface area (Å²) in [6.07, 6.45) is 3.18. The minimum Gasteiger partial charge on any atom is -0.357 e. The number of likely N-dealkylation sites (tertiary alicyclic amines) is 1. The predicted molar refractivity (Wildman–Crippen MR) is 109 cm³/mol. The molecule has 0 saturated carbocycles. The largest absolute Gasteiger partial charge is 0.357 e. The first kappa shape index (κ1) is 20.6. The van der Waals surface area contributed by atoms with Crippen molar-refractivity contribution < 1.29 is 0 Å². The van der Waals surface area contributed by atoms with Crippen LogP contribution in [-0.2, 0) is 13.6 Å². The Morgan fingerprint density at radius 2 is 2.22 bits per heavy atom. The zero-order valence-electron chi connectivity index (χ0n) is 14.5. The second kappa shape index (κ2) is 9.74. The van der Waals surface area contributed by atoms with Gasteiger partial charge >= 0.3 is 0 Å². The Hall–Kier alpha value is -0.470. The highest BCUT2D eigenvalue weighted by Gasteiger charge is 2.19. The minimum atomic E-state index is 0. The molecule has 1 saturated heterocycles. The van der Waals surface area contributed by atoms with E-state index in [1.165, 1.54) is 18.7 Å². The molecule has 5 nitrogen and oxygen atoms in total. The number of hydrogen-bond acceptors (Lipinski definition) is 2. The fourth-order valence-corrected chi connectivity index (χ4v) is 3.17. The fraction of sp³-hybridized carbons (Fsp3) is 0.688. The Labute approximate surface area is 162 Å². The SMILES string of the molecule is CCNC(=NCC1CCN(C)C1)N(C)Cc1cc(Cl)cn1C.I. The van der Waals surface area contributed by atoms with Gasteiger partial charge in [-0.2, -0.15) is 0 Å². The smallest absolute Gasteiger partial charge is 0.194 e. The first-order valence-electron chi connectivity index (χ1n) is 7.98. The van der Waals surface area contributed by atoms with Crippen molar-refractivity contribution in [2.75, 3.05) is 40.3 Å². The van der Waals surface area contributed by atoms with Crippen LogP contribution in [0.1, 0.15) is 19.0 Å². The van der Waals surface area contributed by atoms with Crippen molar-refractivity contribution in [1.82, 2.24) is 19.7 Å². The van der Waals surface area contributed by atoms with Crippen LogP contribution in [0.2, 0.25) is 5.02 Å². The van der Waals surface area contributed by atoms with Crippen LogP contribution in [0.4, 0.5) is 0 Å². The Morgan fingerprint density at radius 3 is 2.74 bits per heavy atom. The van der Waals surface area contributed by atoms with Crippen LogP contribution in [-0.4, -0.2) is 60.6 Å². The summed E-state index contributed by atoms with van der Waals surface area (Å²) < 4.78 is 2.06. The topological polar surface area (TPSA) is 35.8 Å². The number of rotatable bonds is 5. The highest BCUT2D eigenvalue weighted by atomic mass is 127. The number of hydrogen-bond donors (Lipinski definition) is 1. The zero-order valence-corrected chi connectivity index (χ0v) is 17.6. The summed E-state index contributed by atoms with van der Waals surface area (Å²) in [5.74, 6) is 1.64. The second-order valence-corrected chi connectivity index (χ2v) is 6.66. The van der Waals surface area contributed by atoms with Gasteiger partial charge in [0.2, 0.25) is 0 Å². The van der Waals surface area contributed by atoms with E-state index in [0.717, 1.165) is 37.2 Å². The van der Waals surface area contributed by atoms with E-state index in [9.17, 15) is 0 Å². The molecule has 1 N–H and O–H groups in total. The summed E-state index contributed by atoms with van der Waals surface area (Å²) in [6.45, 7) is 7.01. The number of nitrogens with zero attached hydrogens (tertiary/aromatic N) is 4. The van der Waals surface area contributed by atoms with E-state index >= 15 is 0 Å². The molecule has 0 spiro atoms. The molecule has 1 aromatic heterocycles. The lowest BCUT2D eigenvalue weighted by Gasteiger charge is -2.23. The van der Waals surface area contributed by atoms with Crippen LogP contribution in [0.5, 0.6) is 0 Å². The highest BCUT2D eigenvalue weighted by molar-refractivity contribution is 14.0. The Kier molecular flexibility index (Phi) is 8.71. The lowest BCUT2D eigenvalue weighted by Crippen LogP contribution is -2.39. The van der Waals surface area contributed by atoms with Crippen LogP contribution < -0.4 is 5.32 Å². The third-order valence-corrected chi connectivity index (χ3v) is 4.37. The summed E-state index contributed by atoms with van der Waals surface area (Å²) >= 11 is 6.06. The molecule has 7 heteroatoms. The van der Waals surface area contributed by atoms with Gasteiger partial charge in [0.25, 0.3) is 0 Å². The van der Waals surface area contributed by atoms with Crippen molar-refractivity contribution in [1.29, 1.82) is 0 Å². The lowest BCUT2D eigenvalue weighted by molar-refractivity contribution is 0.396. The van der Waals surface area contributed by atoms with Gasteiger partial charge in [0.1, 0.15) is 0 Å². The molecule has 0 radical (unpaired) electrons. The molecular formula is C16H29ClIN5. The number of guanidine groups is 1. The maximum atomic E-state index is 6.06. The van der Waals surface area contributed by atoms with Crippen molar-refractivity contribution in [3.8, 4) is 0 Å². The first-order valence-corrected chi connectivity index (χ1v) is 8.36. The number of aryl methyl sites for hydroxylation is 1. The van der Waals surface area contributed by atoms with Gasteiger partial charge in [-0.3, -0.25) is 4.99 Å². The number of halogens is 2. The quantitative estimate of drug-likeness (QED) is 0.423. The molecule has 2 rings (SSSR count). The summed E-state index contributed by atoms with van der Waals surface area (Å²) in [5, 5.41) is 4.16. The average Bonchev–Trinajstić information content (AvgIpc) is 3.00. The maximum absolute atomic E-state index is 6.06. The fourth-order valence-electron chi connectivity index (χ4n) is 2.90. The summed E-state index contributed by atoms with van der Waals surface area (Å²) in [6, 6.07) is 2.01. The van der Waals surface area contributed by atoms with Gasteiger partial charge in [-0.15, -0.1) is 24.0 Å². The average molecular weight is 454 g/mol. The Bertz CT molecular complexity index is 517. The third-order valence-electron chi connectivity index (χ3n) is 4.16. The van der Waals surface area contributed by atoms with Gasteiger partial charge in [0, 0.05) is 45.6 Å². The van der Waals surface area contributed by atoms with E-state index in [0.29, 0.717) is 5.92 Å². The minimum absolute atomic E-state index is 0. The molecule has 1 fully saturated rings. The normalized spacial score (nSPS) is 18.8. The van der Waals surface area contributed by atoms with Crippen LogP contribution in [0, 0.1) is 5.92 Å². The van der Waals surface area contributed by atoms with E-state index in [1.807, 2.05) is 19.3 Å². The molecule has 1 aromatic rings. The predicted octanol–water partition coefficient (Wildman–Crippen LogP) is 2.65. The van der Waals surface area contributed by atoms with Gasteiger partial charge in [-0.05, 0) is 38.9 Å². The van der Waals surface area contributed by atoms with Crippen molar-refractivity contribution >= 4 is 41.5 Å². The zero-order chi connectivity index (χ0) is 16.1. The van der Waals surface area contributed by atoms with Crippen LogP contribution in [0.3, 0.4) is 0 Å². The Morgan fingerprint density at radius 1 is 1.48 bits per heavy atom. The van der Waals surface area contributed by atoms with Crippen molar-refractivity contribution in [3.63, 3.8) is 0 Å². The number of aliphatic imine (C=N–C) groups is 1. The van der Waals surface area contributed by atoms with Crippen LogP contribution in [0.15, 0.2) is 17.3 Å². The molecule has 132 valence electrons. The maximum Gasteiger partial charge on any atom is 0.194 e. The number of aromatic nitrogens is 1. The van der Waals surface area contributed by atoms with E-state index in [1.54, 1.807) is 0 Å². The van der Waals surface area contributed by atoms with Gasteiger partial charge in [-0.1, -0.05) is 11.6 Å². The molecule has 23 heavy (non-hydrogen) atoms. The second-order valence-electron chi connectivity index (χ2n) is 6.23. The lowest BCUT2D eigenvalue weighted by atomic mass is 10.1. The standard InChI is InChI=1S/C16H28ClN5.HI/c1-5-18-16(19-9-13-6-7-20(2)10-13)22(4)12-15-8-14(17)11-21(15)3;/h8,11,13H,5-7,9-10,12H2,1-4H3,(H,18,19);1H. The van der Waals surface area contributed by atoms with E-state index in [2.05, 4.69) is 40.7 Å². The highest BCUT2D eigenvalue weighted by Crippen LogP contribution is 2.16. The van der Waals surface area contributed by atoms with Gasteiger partial charge < -0.3 is 19.7 Å². The molecule has 1 unspecified atom stereocenters. The molecule has 0 bridgehead atoms. The van der Waals surface area contributed by atoms with Crippen molar-refractivity contribution in [3.05, 3.63) is 23.0 Å². The molecule has 1 atom stereocenters. The van der Waals surface area contributed by atoms with E-state index in [4.69, 9.17) is 16.6 Å². The van der Waals surface area contributed by atoms with Crippen LogP contribution in [0.25, 0.3) is 0 Å². The third kappa shape index (κ3) is 6.15. The van der Waals surface area contributed by atoms with Gasteiger partial charge in [0.15, 0.2) is 5.96 Å². The summed E-state index contributed by atoms with van der Waals surface area (Å²) in [5.41, 5.74) is 1.18. The molecule has 0 aromatic carbocycles. The van der Waals surface area contributed by atoms with E-state index in [-0.39, 0.29) is 24.0 Å². The molecule has 1 aliphatic heterocycles. The number of nitrogens with one attached hydrogen (secondary N) is 1. The first-order chi connectivity index (χ1) is 10.5. The van der Waals surface area contributed by atoms with Crippen molar-refractivity contribution in [2.45, 2.75) is 19.9 Å². The van der Waals surface area contributed by atoms with Gasteiger partial charge in [-0.25, -0.2) is 0 Å². The molecular weight excluding hydrogens is 425 g/mol. The summed E-state index contributed by atoms with van der Waals surface area (Å²) in [4.78, 5) is 9.36. The molecule has 0 amide bonds. The molecule has 0 aliphatic carbocycles. The van der Waals surface area contributed by atoms with Gasteiger partial charge in [0.05, 0.1) is 11.6 Å². The van der Waals surface area contributed by atoms with Crippen molar-refractivity contribution in [2.24, 2.45) is 18.0 Å². The molecule has 2 heterocycles. The van der Waals surface area contributed by atoms with Crippen LogP contribution >= 0.6 is 35.6 Å². The molecule has 1 aliphatic rings. The monoisotopic (exact) mass is 453 g/mol.